The molecule has 0 aliphatic rings. The normalized spacial score (nSPS) is 10.6. The Labute approximate surface area is 123 Å². The molecule has 0 saturated heterocycles. The fraction of sp³-hybridized carbons (Fsp3) is 0.462. The summed E-state index contributed by atoms with van der Waals surface area (Å²) >= 11 is 0. The van der Waals surface area contributed by atoms with Gasteiger partial charge in [0.2, 0.25) is 5.91 Å². The van der Waals surface area contributed by atoms with E-state index in [-0.39, 0.29) is 5.91 Å². The van der Waals surface area contributed by atoms with Crippen molar-refractivity contribution in [2.45, 2.75) is 20.3 Å². The summed E-state index contributed by atoms with van der Waals surface area (Å²) in [4.78, 5) is 22.3. The molecule has 0 fully saturated rings. The molecule has 0 spiro atoms. The first-order valence-corrected chi connectivity index (χ1v) is 7.01. The second-order valence-corrected chi connectivity index (χ2v) is 4.52. The predicted octanol–water partition coefficient (Wildman–Crippen LogP) is 0.685. The minimum atomic E-state index is 0.125. The quantitative estimate of drug-likeness (QED) is 0.512. The molecule has 2 aromatic rings. The molecule has 4 N–H and O–H groups in total. The Balaban J connectivity index is 2.03. The molecule has 114 valence electrons. The first-order chi connectivity index (χ1) is 10.2. The maximum absolute atomic E-state index is 11.9. The van der Waals surface area contributed by atoms with E-state index < -0.39 is 0 Å². The van der Waals surface area contributed by atoms with Gasteiger partial charge in [0.05, 0.1) is 6.20 Å². The highest BCUT2D eigenvalue weighted by molar-refractivity contribution is 5.77. The van der Waals surface area contributed by atoms with Gasteiger partial charge in [0.15, 0.2) is 17.3 Å². The number of nitrogens with two attached hydrogens (primary N) is 1. The second-order valence-electron chi connectivity index (χ2n) is 4.52. The molecule has 0 aliphatic carbocycles. The standard InChI is InChI=1S/C13H21N7O/c1-3-19(4-2)11(21)5-6-15-12-13-16-7-8-20(13)9-10(17-12)18-14/h7-9,18H,3-6,14H2,1-2H3,(H,15,17). The Morgan fingerprint density at radius 1 is 1.43 bits per heavy atom. The van der Waals surface area contributed by atoms with Gasteiger partial charge in [-0.25, -0.2) is 15.8 Å². The van der Waals surface area contributed by atoms with Crippen molar-refractivity contribution in [3.8, 4) is 0 Å². The van der Waals surface area contributed by atoms with Gasteiger partial charge in [-0.05, 0) is 13.8 Å². The Kier molecular flexibility index (Phi) is 4.94. The highest BCUT2D eigenvalue weighted by Crippen LogP contribution is 2.15. The summed E-state index contributed by atoms with van der Waals surface area (Å²) in [5.74, 6) is 6.65. The van der Waals surface area contributed by atoms with Crippen LogP contribution in [-0.2, 0) is 4.79 Å². The Hall–Kier alpha value is -2.35. The van der Waals surface area contributed by atoms with Gasteiger partial charge in [-0.1, -0.05) is 0 Å². The van der Waals surface area contributed by atoms with Gasteiger partial charge >= 0.3 is 0 Å². The summed E-state index contributed by atoms with van der Waals surface area (Å²) in [5.41, 5.74) is 3.21. The number of hydrogen-bond acceptors (Lipinski definition) is 6. The number of nitrogen functional groups attached to an aromatic ring is 1. The van der Waals surface area contributed by atoms with Crippen LogP contribution in [-0.4, -0.2) is 44.8 Å². The van der Waals surface area contributed by atoms with Crippen LogP contribution in [0.5, 0.6) is 0 Å². The number of amides is 1. The Morgan fingerprint density at radius 2 is 2.19 bits per heavy atom. The molecule has 0 aliphatic heterocycles. The SMILES string of the molecule is CCN(CC)C(=O)CCNc1nc(NN)cn2ccnc12. The lowest BCUT2D eigenvalue weighted by molar-refractivity contribution is -0.130. The number of fused-ring (bicyclic) bond motifs is 1. The molecular weight excluding hydrogens is 270 g/mol. The van der Waals surface area contributed by atoms with Gasteiger partial charge in [0.25, 0.3) is 0 Å². The number of anilines is 2. The van der Waals surface area contributed by atoms with Crippen molar-refractivity contribution in [1.29, 1.82) is 0 Å². The summed E-state index contributed by atoms with van der Waals surface area (Å²) < 4.78 is 1.82. The monoisotopic (exact) mass is 291 g/mol. The number of hydrazine groups is 1. The van der Waals surface area contributed by atoms with Crippen molar-refractivity contribution in [2.75, 3.05) is 30.4 Å². The number of nitrogens with one attached hydrogen (secondary N) is 2. The zero-order chi connectivity index (χ0) is 15.2. The van der Waals surface area contributed by atoms with Crippen LogP contribution < -0.4 is 16.6 Å². The smallest absolute Gasteiger partial charge is 0.224 e. The molecule has 8 heteroatoms. The molecule has 1 amide bonds. The summed E-state index contributed by atoms with van der Waals surface area (Å²) in [6.07, 6.45) is 5.65. The average Bonchev–Trinajstić information content (AvgIpc) is 2.96. The largest absolute Gasteiger partial charge is 0.366 e. The van der Waals surface area contributed by atoms with E-state index >= 15 is 0 Å². The Morgan fingerprint density at radius 3 is 2.86 bits per heavy atom. The van der Waals surface area contributed by atoms with E-state index in [4.69, 9.17) is 5.84 Å². The number of carbonyl (C=O) groups excluding carboxylic acids is 1. The number of rotatable bonds is 7. The van der Waals surface area contributed by atoms with Gasteiger partial charge < -0.3 is 20.0 Å². The van der Waals surface area contributed by atoms with Crippen molar-refractivity contribution < 1.29 is 4.79 Å². The molecule has 2 heterocycles. The molecule has 0 aromatic carbocycles. The van der Waals surface area contributed by atoms with Crippen molar-refractivity contribution in [3.05, 3.63) is 18.6 Å². The van der Waals surface area contributed by atoms with E-state index in [1.54, 1.807) is 17.3 Å². The fourth-order valence-corrected chi connectivity index (χ4v) is 2.14. The van der Waals surface area contributed by atoms with Crippen LogP contribution in [0.1, 0.15) is 20.3 Å². The van der Waals surface area contributed by atoms with E-state index in [0.717, 1.165) is 13.1 Å². The number of carbonyl (C=O) groups is 1. The lowest BCUT2D eigenvalue weighted by Gasteiger charge is -2.18. The van der Waals surface area contributed by atoms with Crippen molar-refractivity contribution in [2.24, 2.45) is 5.84 Å². The van der Waals surface area contributed by atoms with E-state index in [2.05, 4.69) is 20.7 Å². The van der Waals surface area contributed by atoms with Crippen molar-refractivity contribution in [1.82, 2.24) is 19.3 Å². The second kappa shape index (κ2) is 6.89. The minimum absolute atomic E-state index is 0.125. The third kappa shape index (κ3) is 3.40. The molecular formula is C13H21N7O. The maximum Gasteiger partial charge on any atom is 0.224 e. The van der Waals surface area contributed by atoms with Crippen LogP contribution in [0.4, 0.5) is 11.6 Å². The number of imidazole rings is 1. The lowest BCUT2D eigenvalue weighted by Crippen LogP contribution is -2.31. The zero-order valence-electron chi connectivity index (χ0n) is 12.3. The van der Waals surface area contributed by atoms with E-state index in [0.29, 0.717) is 30.2 Å². The van der Waals surface area contributed by atoms with Crippen LogP contribution in [0, 0.1) is 0 Å². The summed E-state index contributed by atoms with van der Waals surface area (Å²) in [6.45, 7) is 5.90. The minimum Gasteiger partial charge on any atom is -0.366 e. The summed E-state index contributed by atoms with van der Waals surface area (Å²) in [6, 6.07) is 0. The van der Waals surface area contributed by atoms with Crippen LogP contribution in [0.2, 0.25) is 0 Å². The van der Waals surface area contributed by atoms with E-state index in [1.165, 1.54) is 0 Å². The summed E-state index contributed by atoms with van der Waals surface area (Å²) in [5, 5.41) is 3.14. The molecule has 21 heavy (non-hydrogen) atoms. The predicted molar refractivity (Wildman–Crippen MR) is 81.8 cm³/mol. The highest BCUT2D eigenvalue weighted by Gasteiger charge is 2.10. The molecule has 2 aromatic heterocycles. The third-order valence-electron chi connectivity index (χ3n) is 3.27. The summed E-state index contributed by atoms with van der Waals surface area (Å²) in [7, 11) is 0. The molecule has 0 saturated carbocycles. The third-order valence-corrected chi connectivity index (χ3v) is 3.27. The van der Waals surface area contributed by atoms with Gasteiger partial charge in [0.1, 0.15) is 0 Å². The number of aromatic nitrogens is 3. The van der Waals surface area contributed by atoms with Crippen LogP contribution in [0.25, 0.3) is 5.65 Å². The lowest BCUT2D eigenvalue weighted by atomic mass is 10.3. The van der Waals surface area contributed by atoms with Gasteiger partial charge in [0, 0.05) is 38.4 Å². The number of hydrogen-bond donors (Lipinski definition) is 3. The maximum atomic E-state index is 11.9. The first-order valence-electron chi connectivity index (χ1n) is 7.01. The average molecular weight is 291 g/mol. The zero-order valence-corrected chi connectivity index (χ0v) is 12.3. The van der Waals surface area contributed by atoms with Gasteiger partial charge in [-0.15, -0.1) is 0 Å². The fourth-order valence-electron chi connectivity index (χ4n) is 2.14. The molecule has 0 radical (unpaired) electrons. The molecule has 0 atom stereocenters. The van der Waals surface area contributed by atoms with Crippen LogP contribution in [0.3, 0.4) is 0 Å². The first kappa shape index (κ1) is 15.0. The van der Waals surface area contributed by atoms with Crippen molar-refractivity contribution >= 4 is 23.2 Å². The molecule has 0 unspecified atom stereocenters. The Bertz CT molecular complexity index is 606. The van der Waals surface area contributed by atoms with E-state index in [1.807, 2.05) is 24.4 Å². The van der Waals surface area contributed by atoms with Gasteiger partial charge in [-0.2, -0.15) is 0 Å². The van der Waals surface area contributed by atoms with Gasteiger partial charge in [-0.3, -0.25) is 4.79 Å². The van der Waals surface area contributed by atoms with Crippen LogP contribution >= 0.6 is 0 Å². The van der Waals surface area contributed by atoms with Crippen molar-refractivity contribution in [3.63, 3.8) is 0 Å². The molecule has 2 rings (SSSR count). The molecule has 0 bridgehead atoms. The van der Waals surface area contributed by atoms with E-state index in [9.17, 15) is 4.79 Å². The number of nitrogens with zero attached hydrogens (tertiary/aromatic N) is 4. The highest BCUT2D eigenvalue weighted by atomic mass is 16.2. The molecule has 8 nitrogen and oxygen atoms in total. The topological polar surface area (TPSA) is 101 Å². The van der Waals surface area contributed by atoms with Crippen LogP contribution in [0.15, 0.2) is 18.6 Å².